The van der Waals surface area contributed by atoms with Crippen LogP contribution >= 0.6 is 0 Å². The number of aliphatic hydroxyl groups excluding tert-OH is 2. The fourth-order valence-corrected chi connectivity index (χ4v) is 0.451. The minimum atomic E-state index is -0.481. The molecule has 0 saturated carbocycles. The van der Waals surface area contributed by atoms with Crippen LogP contribution in [0.4, 0.5) is 0 Å². The van der Waals surface area contributed by atoms with E-state index < -0.39 is 5.91 Å². The van der Waals surface area contributed by atoms with Gasteiger partial charge in [-0.25, -0.2) is 0 Å². The fourth-order valence-electron chi connectivity index (χ4n) is 0.451. The molecule has 6 nitrogen and oxygen atoms in total. The van der Waals surface area contributed by atoms with Crippen LogP contribution < -0.4 is 5.73 Å². The molecule has 0 heterocycles. The smallest absolute Gasteiger partial charge is 0.240 e. The van der Waals surface area contributed by atoms with Crippen molar-refractivity contribution in [2.24, 2.45) is 5.73 Å². The summed E-state index contributed by atoms with van der Waals surface area (Å²) in [5, 5.41) is 16.5. The highest BCUT2D eigenvalue weighted by Crippen LogP contribution is 1.76. The van der Waals surface area contributed by atoms with Crippen molar-refractivity contribution in [3.63, 3.8) is 0 Å². The average Bonchev–Trinajstić information content (AvgIpc) is 2.24. The first-order valence-electron chi connectivity index (χ1n) is 4.48. The van der Waals surface area contributed by atoms with Gasteiger partial charge < -0.3 is 25.4 Å². The first-order valence-corrected chi connectivity index (χ1v) is 4.48. The zero-order valence-electron chi connectivity index (χ0n) is 8.72. The van der Waals surface area contributed by atoms with Gasteiger partial charge in [0.05, 0.1) is 39.6 Å². The number of nitrogens with two attached hydrogens (primary N) is 1. The Morgan fingerprint density at radius 3 is 1.67 bits per heavy atom. The zero-order valence-corrected chi connectivity index (χ0v) is 8.72. The number of carbonyl (C=O) groups excluding carboxylic acids is 1. The van der Waals surface area contributed by atoms with Crippen LogP contribution in [0.2, 0.25) is 0 Å². The van der Waals surface area contributed by atoms with Crippen molar-refractivity contribution < 1.29 is 24.5 Å². The maximum atomic E-state index is 9.47. The van der Waals surface area contributed by atoms with Gasteiger partial charge in [-0.2, -0.15) is 0 Å². The second kappa shape index (κ2) is 15.5. The molecule has 0 aromatic heterocycles. The topological polar surface area (TPSA) is 102 Å². The summed E-state index contributed by atoms with van der Waals surface area (Å²) in [6.07, 6.45) is 1.06. The molecular weight excluding hydrogens is 202 g/mol. The monoisotopic (exact) mass is 221 g/mol. The first kappa shape index (κ1) is 16.5. The van der Waals surface area contributed by atoms with Crippen molar-refractivity contribution in [1.29, 1.82) is 0 Å². The van der Waals surface area contributed by atoms with Crippen molar-refractivity contribution in [2.75, 3.05) is 39.6 Å². The van der Waals surface area contributed by atoms with Gasteiger partial charge in [0, 0.05) is 0 Å². The lowest BCUT2D eigenvalue weighted by atomic mass is 10.6. The lowest BCUT2D eigenvalue weighted by molar-refractivity contribution is -0.113. The number of primary amides is 1. The Hall–Kier alpha value is -0.950. The van der Waals surface area contributed by atoms with Gasteiger partial charge in [-0.3, -0.25) is 4.79 Å². The third-order valence-corrected chi connectivity index (χ3v) is 1.04. The molecular formula is C9H19NO5. The molecule has 4 N–H and O–H groups in total. The summed E-state index contributed by atoms with van der Waals surface area (Å²) >= 11 is 0. The van der Waals surface area contributed by atoms with Crippen molar-refractivity contribution in [2.45, 2.75) is 0 Å². The highest BCUT2D eigenvalue weighted by atomic mass is 16.5. The van der Waals surface area contributed by atoms with Gasteiger partial charge in [-0.15, -0.1) is 0 Å². The predicted octanol–water partition coefficient (Wildman–Crippen LogP) is -1.34. The molecule has 0 aromatic carbocycles. The van der Waals surface area contributed by atoms with E-state index in [1.165, 1.54) is 0 Å². The molecule has 0 aromatic rings. The summed E-state index contributed by atoms with van der Waals surface area (Å²) in [5.74, 6) is -0.481. The van der Waals surface area contributed by atoms with Crippen LogP contribution in [0.15, 0.2) is 12.7 Å². The van der Waals surface area contributed by atoms with E-state index in [1.807, 2.05) is 0 Å². The zero-order chi connectivity index (χ0) is 11.9. The Balaban J connectivity index is 0. The van der Waals surface area contributed by atoms with Crippen LogP contribution in [0.3, 0.4) is 0 Å². The lowest BCUT2D eigenvalue weighted by Gasteiger charge is -2.01. The summed E-state index contributed by atoms with van der Waals surface area (Å²) in [5.41, 5.74) is 4.53. The molecule has 0 bridgehead atoms. The number of hydrogen-bond acceptors (Lipinski definition) is 5. The molecule has 6 heteroatoms. The van der Waals surface area contributed by atoms with Crippen LogP contribution in [0.5, 0.6) is 0 Å². The molecule has 0 unspecified atom stereocenters. The van der Waals surface area contributed by atoms with Gasteiger partial charge in [-0.1, -0.05) is 6.58 Å². The summed E-state index contributed by atoms with van der Waals surface area (Å²) in [7, 11) is 0. The molecule has 15 heavy (non-hydrogen) atoms. The highest BCUT2D eigenvalue weighted by molar-refractivity contribution is 5.84. The Morgan fingerprint density at radius 2 is 1.47 bits per heavy atom. The maximum absolute atomic E-state index is 9.47. The Labute approximate surface area is 89.3 Å². The molecule has 0 spiro atoms. The predicted molar refractivity (Wildman–Crippen MR) is 55.2 cm³/mol. The largest absolute Gasteiger partial charge is 0.394 e. The van der Waals surface area contributed by atoms with Crippen LogP contribution in [0, 0.1) is 0 Å². The van der Waals surface area contributed by atoms with Crippen molar-refractivity contribution >= 4 is 5.91 Å². The maximum Gasteiger partial charge on any atom is 0.240 e. The van der Waals surface area contributed by atoms with Gasteiger partial charge in [0.2, 0.25) is 5.91 Å². The van der Waals surface area contributed by atoms with Crippen molar-refractivity contribution in [3.8, 4) is 0 Å². The summed E-state index contributed by atoms with van der Waals surface area (Å²) in [6, 6.07) is 0. The molecule has 0 fully saturated rings. The number of carbonyl (C=O) groups is 1. The van der Waals surface area contributed by atoms with Gasteiger partial charge in [0.15, 0.2) is 0 Å². The third kappa shape index (κ3) is 24.6. The molecule has 0 rings (SSSR count). The van der Waals surface area contributed by atoms with Crippen LogP contribution in [0.25, 0.3) is 0 Å². The highest BCUT2D eigenvalue weighted by Gasteiger charge is 1.86. The summed E-state index contributed by atoms with van der Waals surface area (Å²) < 4.78 is 9.75. The van der Waals surface area contributed by atoms with E-state index in [0.717, 1.165) is 6.08 Å². The van der Waals surface area contributed by atoms with Gasteiger partial charge in [0.25, 0.3) is 0 Å². The molecule has 1 amide bonds. The molecule has 0 atom stereocenters. The summed E-state index contributed by atoms with van der Waals surface area (Å²) in [4.78, 5) is 9.47. The van der Waals surface area contributed by atoms with E-state index in [0.29, 0.717) is 26.4 Å². The Bertz CT molecular complexity index is 143. The van der Waals surface area contributed by atoms with Crippen LogP contribution in [-0.4, -0.2) is 55.8 Å². The number of rotatable bonds is 8. The minimum Gasteiger partial charge on any atom is -0.394 e. The summed E-state index contributed by atoms with van der Waals surface area (Å²) in [6.45, 7) is 4.81. The number of aliphatic hydroxyl groups is 2. The second-order valence-corrected chi connectivity index (χ2v) is 2.28. The fraction of sp³-hybridized carbons (Fsp3) is 0.667. The van der Waals surface area contributed by atoms with Gasteiger partial charge in [0.1, 0.15) is 0 Å². The van der Waals surface area contributed by atoms with Crippen molar-refractivity contribution in [1.82, 2.24) is 0 Å². The van der Waals surface area contributed by atoms with E-state index in [-0.39, 0.29) is 13.2 Å². The number of ether oxygens (including phenoxy) is 2. The number of hydrogen-bond donors (Lipinski definition) is 3. The average molecular weight is 221 g/mol. The molecule has 0 aliphatic heterocycles. The first-order chi connectivity index (χ1) is 7.18. The third-order valence-electron chi connectivity index (χ3n) is 1.04. The molecule has 90 valence electrons. The SMILES string of the molecule is C=CC(N)=O.OCCOCCOCCO. The van der Waals surface area contributed by atoms with E-state index in [2.05, 4.69) is 12.3 Å². The molecule has 0 radical (unpaired) electrons. The van der Waals surface area contributed by atoms with Crippen LogP contribution in [-0.2, 0) is 14.3 Å². The van der Waals surface area contributed by atoms with E-state index in [9.17, 15) is 4.79 Å². The molecule has 0 aliphatic carbocycles. The molecule has 0 aliphatic rings. The number of amides is 1. The second-order valence-electron chi connectivity index (χ2n) is 2.28. The van der Waals surface area contributed by atoms with Crippen molar-refractivity contribution in [3.05, 3.63) is 12.7 Å². The van der Waals surface area contributed by atoms with E-state index >= 15 is 0 Å². The quantitative estimate of drug-likeness (QED) is 0.348. The standard InChI is InChI=1S/C6H14O4.C3H5NO/c7-1-3-9-5-6-10-4-2-8;1-2-3(4)5/h7-8H,1-6H2;2H,1H2,(H2,4,5). The van der Waals surface area contributed by atoms with E-state index in [4.69, 9.17) is 19.7 Å². The Kier molecular flexibility index (Phi) is 17.0. The van der Waals surface area contributed by atoms with Crippen LogP contribution in [0.1, 0.15) is 0 Å². The van der Waals surface area contributed by atoms with Gasteiger partial charge >= 0.3 is 0 Å². The Morgan fingerprint density at radius 1 is 1.13 bits per heavy atom. The minimum absolute atomic E-state index is 0.0417. The molecule has 0 saturated heterocycles. The lowest BCUT2D eigenvalue weighted by Crippen LogP contribution is -2.09. The normalized spacial score (nSPS) is 8.93. The van der Waals surface area contributed by atoms with E-state index in [1.54, 1.807) is 0 Å². The van der Waals surface area contributed by atoms with Gasteiger partial charge in [-0.05, 0) is 6.08 Å².